The molecule has 0 bridgehead atoms. The first-order valence-electron chi connectivity index (χ1n) is 4.43. The Hall–Kier alpha value is -0.370. The lowest BCUT2D eigenvalue weighted by Crippen LogP contribution is -2.27. The second-order valence-electron chi connectivity index (χ2n) is 3.48. The number of nitrogens with one attached hydrogen (secondary N) is 1. The summed E-state index contributed by atoms with van der Waals surface area (Å²) in [5, 5.41) is 3.09. The highest BCUT2D eigenvalue weighted by molar-refractivity contribution is 5.87. The maximum absolute atomic E-state index is 11.5. The molecular weight excluding hydrogens is 138 g/mol. The van der Waals surface area contributed by atoms with E-state index in [2.05, 4.69) is 12.2 Å². The summed E-state index contributed by atoms with van der Waals surface area (Å²) in [5.41, 5.74) is 0.0603. The number of hydrogen-bond donors (Lipinski definition) is 1. The molecule has 0 amide bonds. The van der Waals surface area contributed by atoms with Crippen molar-refractivity contribution in [3.05, 3.63) is 0 Å². The van der Waals surface area contributed by atoms with E-state index in [9.17, 15) is 4.79 Å². The zero-order chi connectivity index (χ0) is 8.32. The van der Waals surface area contributed by atoms with Gasteiger partial charge in [-0.15, -0.1) is 0 Å². The first kappa shape index (κ1) is 8.72. The van der Waals surface area contributed by atoms with E-state index in [-0.39, 0.29) is 5.41 Å². The van der Waals surface area contributed by atoms with Crippen LogP contribution >= 0.6 is 0 Å². The van der Waals surface area contributed by atoms with Gasteiger partial charge < -0.3 is 5.32 Å². The third-order valence-corrected chi connectivity index (χ3v) is 2.44. The van der Waals surface area contributed by atoms with Crippen molar-refractivity contribution in [1.29, 1.82) is 0 Å². The molecule has 64 valence electrons. The first-order valence-corrected chi connectivity index (χ1v) is 4.43. The average molecular weight is 155 g/mol. The molecule has 0 heterocycles. The van der Waals surface area contributed by atoms with Crippen LogP contribution in [0.4, 0.5) is 0 Å². The lowest BCUT2D eigenvalue weighted by atomic mass is 9.97. The molecule has 0 aliphatic heterocycles. The van der Waals surface area contributed by atoms with Crippen LogP contribution in [0, 0.1) is 5.41 Å². The molecule has 2 nitrogen and oxygen atoms in total. The number of Topliss-reactive ketones (excluding diaryl/α,β-unsaturated/α-hetero) is 1. The molecule has 0 aromatic carbocycles. The maximum Gasteiger partial charge on any atom is 0.140 e. The summed E-state index contributed by atoms with van der Waals surface area (Å²) in [6, 6.07) is 0. The molecule has 0 atom stereocenters. The number of ketones is 1. The van der Waals surface area contributed by atoms with Crippen LogP contribution in [0.3, 0.4) is 0 Å². The standard InChI is InChI=1S/C9H17NO/c1-3-4-8(11)9(5-6-9)7-10-2/h10H,3-7H2,1-2H3. The Bertz CT molecular complexity index is 150. The minimum Gasteiger partial charge on any atom is -0.319 e. The highest BCUT2D eigenvalue weighted by Crippen LogP contribution is 2.46. The molecule has 0 radical (unpaired) electrons. The topological polar surface area (TPSA) is 29.1 Å². The normalized spacial score (nSPS) is 19.8. The Morgan fingerprint density at radius 2 is 2.18 bits per heavy atom. The number of rotatable bonds is 5. The predicted octanol–water partition coefficient (Wildman–Crippen LogP) is 1.36. The van der Waals surface area contributed by atoms with Crippen LogP contribution in [-0.2, 0) is 4.79 Å². The van der Waals surface area contributed by atoms with Crippen molar-refractivity contribution < 1.29 is 4.79 Å². The van der Waals surface area contributed by atoms with Gasteiger partial charge in [-0.25, -0.2) is 0 Å². The van der Waals surface area contributed by atoms with Gasteiger partial charge in [0.2, 0.25) is 0 Å². The number of carbonyl (C=O) groups is 1. The fourth-order valence-corrected chi connectivity index (χ4v) is 1.54. The highest BCUT2D eigenvalue weighted by atomic mass is 16.1. The molecule has 1 fully saturated rings. The Morgan fingerprint density at radius 1 is 1.55 bits per heavy atom. The fraction of sp³-hybridized carbons (Fsp3) is 0.889. The van der Waals surface area contributed by atoms with Crippen LogP contribution < -0.4 is 5.32 Å². The third-order valence-electron chi connectivity index (χ3n) is 2.44. The predicted molar refractivity (Wildman–Crippen MR) is 45.5 cm³/mol. The molecule has 0 unspecified atom stereocenters. The second-order valence-corrected chi connectivity index (χ2v) is 3.48. The molecule has 1 N–H and O–H groups in total. The lowest BCUT2D eigenvalue weighted by Gasteiger charge is -2.11. The molecule has 1 rings (SSSR count). The van der Waals surface area contributed by atoms with Crippen LogP contribution in [-0.4, -0.2) is 19.4 Å². The molecule has 0 spiro atoms. The van der Waals surface area contributed by atoms with Gasteiger partial charge in [-0.2, -0.15) is 0 Å². The van der Waals surface area contributed by atoms with Gasteiger partial charge in [0, 0.05) is 18.4 Å². The van der Waals surface area contributed by atoms with E-state index in [1.54, 1.807) is 0 Å². The highest BCUT2D eigenvalue weighted by Gasteiger charge is 2.47. The van der Waals surface area contributed by atoms with Crippen molar-refractivity contribution in [1.82, 2.24) is 5.32 Å². The van der Waals surface area contributed by atoms with Gasteiger partial charge >= 0.3 is 0 Å². The molecule has 0 saturated heterocycles. The van der Waals surface area contributed by atoms with E-state index in [0.29, 0.717) is 5.78 Å². The van der Waals surface area contributed by atoms with Crippen LogP contribution in [0.2, 0.25) is 0 Å². The zero-order valence-electron chi connectivity index (χ0n) is 7.44. The van der Waals surface area contributed by atoms with E-state index in [1.807, 2.05) is 7.05 Å². The van der Waals surface area contributed by atoms with E-state index >= 15 is 0 Å². The molecule has 11 heavy (non-hydrogen) atoms. The third kappa shape index (κ3) is 1.80. The van der Waals surface area contributed by atoms with Gasteiger partial charge in [-0.1, -0.05) is 6.92 Å². The number of hydrogen-bond acceptors (Lipinski definition) is 2. The van der Waals surface area contributed by atoms with Crippen molar-refractivity contribution >= 4 is 5.78 Å². The Balaban J connectivity index is 2.38. The molecule has 2 heteroatoms. The summed E-state index contributed by atoms with van der Waals surface area (Å²) in [6.45, 7) is 2.94. The molecule has 0 aromatic heterocycles. The van der Waals surface area contributed by atoms with Crippen molar-refractivity contribution in [2.24, 2.45) is 5.41 Å². The fourth-order valence-electron chi connectivity index (χ4n) is 1.54. The summed E-state index contributed by atoms with van der Waals surface area (Å²) in [4.78, 5) is 11.5. The van der Waals surface area contributed by atoms with Gasteiger partial charge in [0.15, 0.2) is 0 Å². The van der Waals surface area contributed by atoms with E-state index in [0.717, 1.165) is 32.2 Å². The van der Waals surface area contributed by atoms with Crippen LogP contribution in [0.1, 0.15) is 32.6 Å². The van der Waals surface area contributed by atoms with E-state index in [1.165, 1.54) is 0 Å². The molecule has 0 aromatic rings. The smallest absolute Gasteiger partial charge is 0.140 e. The summed E-state index contributed by atoms with van der Waals surface area (Å²) >= 11 is 0. The maximum atomic E-state index is 11.5. The van der Waals surface area contributed by atoms with Crippen molar-refractivity contribution in [3.8, 4) is 0 Å². The summed E-state index contributed by atoms with van der Waals surface area (Å²) in [6.07, 6.45) is 3.96. The summed E-state index contributed by atoms with van der Waals surface area (Å²) in [5.74, 6) is 0.467. The van der Waals surface area contributed by atoms with Gasteiger partial charge in [0.05, 0.1) is 0 Å². The van der Waals surface area contributed by atoms with Gasteiger partial charge in [0.25, 0.3) is 0 Å². The minimum atomic E-state index is 0.0603. The lowest BCUT2D eigenvalue weighted by molar-refractivity contribution is -0.124. The summed E-state index contributed by atoms with van der Waals surface area (Å²) < 4.78 is 0. The van der Waals surface area contributed by atoms with Crippen LogP contribution in [0.5, 0.6) is 0 Å². The quantitative estimate of drug-likeness (QED) is 0.649. The van der Waals surface area contributed by atoms with Crippen molar-refractivity contribution in [2.45, 2.75) is 32.6 Å². The van der Waals surface area contributed by atoms with Crippen LogP contribution in [0.15, 0.2) is 0 Å². The number of carbonyl (C=O) groups excluding carboxylic acids is 1. The molecule has 1 aliphatic carbocycles. The zero-order valence-corrected chi connectivity index (χ0v) is 7.44. The van der Waals surface area contributed by atoms with Gasteiger partial charge in [0.1, 0.15) is 5.78 Å². The monoisotopic (exact) mass is 155 g/mol. The van der Waals surface area contributed by atoms with Gasteiger partial charge in [-0.05, 0) is 26.3 Å². The van der Waals surface area contributed by atoms with E-state index < -0.39 is 0 Å². The Kier molecular flexibility index (Phi) is 2.66. The SMILES string of the molecule is CCCC(=O)C1(CNC)CC1. The van der Waals surface area contributed by atoms with Crippen LogP contribution in [0.25, 0.3) is 0 Å². The summed E-state index contributed by atoms with van der Waals surface area (Å²) in [7, 11) is 1.92. The Morgan fingerprint density at radius 3 is 2.55 bits per heavy atom. The second kappa shape index (κ2) is 3.35. The largest absolute Gasteiger partial charge is 0.319 e. The average Bonchev–Trinajstić information content (AvgIpc) is 2.71. The van der Waals surface area contributed by atoms with Crippen molar-refractivity contribution in [2.75, 3.05) is 13.6 Å². The molecule has 1 aliphatic rings. The molecular formula is C9H17NO. The van der Waals surface area contributed by atoms with Crippen molar-refractivity contribution in [3.63, 3.8) is 0 Å². The minimum absolute atomic E-state index is 0.0603. The first-order chi connectivity index (χ1) is 5.25. The van der Waals surface area contributed by atoms with E-state index in [4.69, 9.17) is 0 Å². The van der Waals surface area contributed by atoms with Gasteiger partial charge in [-0.3, -0.25) is 4.79 Å². The Labute approximate surface area is 68.4 Å². The molecule has 1 saturated carbocycles.